The molecule has 1 heterocycles. The summed E-state index contributed by atoms with van der Waals surface area (Å²) in [7, 11) is 0.380. The van der Waals surface area contributed by atoms with Crippen LogP contribution in [0.4, 0.5) is 0 Å². The van der Waals surface area contributed by atoms with Crippen molar-refractivity contribution in [2.45, 2.75) is 18.9 Å². The Labute approximate surface area is 92.3 Å². The Morgan fingerprint density at radius 2 is 2.00 bits per heavy atom. The highest BCUT2D eigenvalue weighted by atomic mass is 32.2. The molecule has 0 aromatic carbocycles. The molecule has 90 valence electrons. The number of hydrogen-bond acceptors (Lipinski definition) is 4. The first kappa shape index (κ1) is 12.9. The second-order valence-corrected chi connectivity index (χ2v) is 6.06. The largest absolute Gasteiger partial charge is 0.319 e. The van der Waals surface area contributed by atoms with E-state index in [9.17, 15) is 8.42 Å². The van der Waals surface area contributed by atoms with Crippen LogP contribution >= 0.6 is 0 Å². The van der Waals surface area contributed by atoms with Gasteiger partial charge in [-0.1, -0.05) is 0 Å². The molecule has 0 aromatic rings. The predicted molar refractivity (Wildman–Crippen MR) is 61.4 cm³/mol. The first-order chi connectivity index (χ1) is 7.08. The van der Waals surface area contributed by atoms with Gasteiger partial charge in [0.15, 0.2) is 0 Å². The molecule has 0 amide bonds. The van der Waals surface area contributed by atoms with Crippen LogP contribution in [0, 0.1) is 0 Å². The van der Waals surface area contributed by atoms with Crippen molar-refractivity contribution in [3.8, 4) is 0 Å². The summed E-state index contributed by atoms with van der Waals surface area (Å²) in [6.45, 7) is 2.34. The van der Waals surface area contributed by atoms with E-state index < -0.39 is 10.0 Å². The van der Waals surface area contributed by atoms with Crippen molar-refractivity contribution in [2.24, 2.45) is 0 Å². The highest BCUT2D eigenvalue weighted by molar-refractivity contribution is 7.89. The maximum Gasteiger partial charge on any atom is 0.215 e. The second kappa shape index (κ2) is 5.79. The van der Waals surface area contributed by atoms with Gasteiger partial charge >= 0.3 is 0 Å². The van der Waals surface area contributed by atoms with Gasteiger partial charge in [0.1, 0.15) is 0 Å². The van der Waals surface area contributed by atoms with Crippen LogP contribution in [0.2, 0.25) is 0 Å². The molecule has 0 aliphatic carbocycles. The zero-order valence-electron chi connectivity index (χ0n) is 9.49. The maximum atomic E-state index is 11.9. The zero-order valence-corrected chi connectivity index (χ0v) is 10.3. The summed E-state index contributed by atoms with van der Waals surface area (Å²) < 4.78 is 25.3. The quantitative estimate of drug-likeness (QED) is 0.656. The number of sulfonamides is 1. The van der Waals surface area contributed by atoms with Gasteiger partial charge in [-0.15, -0.1) is 0 Å². The lowest BCUT2D eigenvalue weighted by molar-refractivity contribution is 0.296. The molecule has 0 bridgehead atoms. The Morgan fingerprint density at radius 1 is 1.40 bits per heavy atom. The predicted octanol–water partition coefficient (Wildman–Crippen LogP) is -0.781. The minimum atomic E-state index is -3.08. The first-order valence-corrected chi connectivity index (χ1v) is 7.00. The summed E-state index contributed by atoms with van der Waals surface area (Å²) in [6.07, 6.45) is 1.82. The van der Waals surface area contributed by atoms with Crippen molar-refractivity contribution in [3.63, 3.8) is 0 Å². The van der Waals surface area contributed by atoms with Crippen LogP contribution < -0.4 is 10.6 Å². The van der Waals surface area contributed by atoms with E-state index in [4.69, 9.17) is 0 Å². The van der Waals surface area contributed by atoms with Gasteiger partial charge in [-0.05, 0) is 33.0 Å². The average Bonchev–Trinajstić information content (AvgIpc) is 2.26. The van der Waals surface area contributed by atoms with Gasteiger partial charge in [0.05, 0.1) is 5.75 Å². The lowest BCUT2D eigenvalue weighted by Crippen LogP contribution is -2.45. The molecule has 2 N–H and O–H groups in total. The van der Waals surface area contributed by atoms with Crippen LogP contribution in [0.15, 0.2) is 0 Å². The summed E-state index contributed by atoms with van der Waals surface area (Å²) in [6, 6.07) is 0.174. The van der Waals surface area contributed by atoms with Crippen molar-refractivity contribution in [1.82, 2.24) is 14.9 Å². The van der Waals surface area contributed by atoms with Crippen molar-refractivity contribution >= 4 is 10.0 Å². The molecule has 1 fully saturated rings. The van der Waals surface area contributed by atoms with Crippen molar-refractivity contribution < 1.29 is 8.42 Å². The molecule has 0 radical (unpaired) electrons. The van der Waals surface area contributed by atoms with E-state index in [0.717, 1.165) is 25.9 Å². The fraction of sp³-hybridized carbons (Fsp3) is 1.00. The second-order valence-electron chi connectivity index (χ2n) is 3.92. The molecule has 0 unspecified atom stereocenters. The highest BCUT2D eigenvalue weighted by Gasteiger charge is 2.26. The Kier molecular flexibility index (Phi) is 4.98. The Bertz CT molecular complexity index is 273. The van der Waals surface area contributed by atoms with Gasteiger partial charge in [-0.2, -0.15) is 0 Å². The van der Waals surface area contributed by atoms with Gasteiger partial charge in [0.25, 0.3) is 0 Å². The van der Waals surface area contributed by atoms with E-state index >= 15 is 0 Å². The Morgan fingerprint density at radius 3 is 2.53 bits per heavy atom. The molecule has 1 aliphatic heterocycles. The summed E-state index contributed by atoms with van der Waals surface area (Å²) in [4.78, 5) is 0. The number of hydrogen-bond donors (Lipinski definition) is 2. The molecule has 1 aliphatic rings. The van der Waals surface area contributed by atoms with Gasteiger partial charge < -0.3 is 10.6 Å². The molecule has 0 spiro atoms. The summed E-state index contributed by atoms with van der Waals surface area (Å²) in [5.74, 6) is 0.184. The van der Waals surface area contributed by atoms with Crippen molar-refractivity contribution in [2.75, 3.05) is 39.5 Å². The van der Waals surface area contributed by atoms with E-state index in [1.54, 1.807) is 18.4 Å². The minimum absolute atomic E-state index is 0.174. The smallest absolute Gasteiger partial charge is 0.215 e. The molecule has 0 saturated carbocycles. The topological polar surface area (TPSA) is 61.4 Å². The van der Waals surface area contributed by atoms with Gasteiger partial charge in [0.2, 0.25) is 10.0 Å². The van der Waals surface area contributed by atoms with Crippen LogP contribution in [-0.2, 0) is 10.0 Å². The molecule has 6 heteroatoms. The van der Waals surface area contributed by atoms with Crippen LogP contribution in [0.3, 0.4) is 0 Å². The molecule has 5 nitrogen and oxygen atoms in total. The SMILES string of the molecule is CNCCS(=O)(=O)N(C)C1CCNCC1. The van der Waals surface area contributed by atoms with E-state index in [2.05, 4.69) is 10.6 Å². The summed E-state index contributed by atoms with van der Waals surface area (Å²) in [5, 5.41) is 6.09. The van der Waals surface area contributed by atoms with E-state index in [1.807, 2.05) is 0 Å². The lowest BCUT2D eigenvalue weighted by atomic mass is 10.1. The summed E-state index contributed by atoms with van der Waals surface area (Å²) in [5.41, 5.74) is 0. The molecular weight excluding hydrogens is 214 g/mol. The number of nitrogens with one attached hydrogen (secondary N) is 2. The molecule has 15 heavy (non-hydrogen) atoms. The minimum Gasteiger partial charge on any atom is -0.319 e. The lowest BCUT2D eigenvalue weighted by Gasteiger charge is -2.30. The van der Waals surface area contributed by atoms with Gasteiger partial charge in [-0.3, -0.25) is 0 Å². The maximum absolute atomic E-state index is 11.9. The number of rotatable bonds is 5. The molecule has 0 atom stereocenters. The monoisotopic (exact) mass is 235 g/mol. The molecule has 1 rings (SSSR count). The number of nitrogens with zero attached hydrogens (tertiary/aromatic N) is 1. The fourth-order valence-corrected chi connectivity index (χ4v) is 3.19. The fourth-order valence-electron chi connectivity index (χ4n) is 1.77. The standard InChI is InChI=1S/C9H21N3O2S/c1-10-7-8-15(13,14)12(2)9-3-5-11-6-4-9/h9-11H,3-8H2,1-2H3. The van der Waals surface area contributed by atoms with Crippen molar-refractivity contribution in [1.29, 1.82) is 0 Å². The Hall–Kier alpha value is -0.170. The number of piperidine rings is 1. The van der Waals surface area contributed by atoms with Crippen LogP contribution in [0.5, 0.6) is 0 Å². The van der Waals surface area contributed by atoms with Gasteiger partial charge in [0, 0.05) is 19.6 Å². The van der Waals surface area contributed by atoms with E-state index in [1.165, 1.54) is 0 Å². The summed E-state index contributed by atoms with van der Waals surface area (Å²) >= 11 is 0. The highest BCUT2D eigenvalue weighted by Crippen LogP contribution is 2.13. The van der Waals surface area contributed by atoms with Gasteiger partial charge in [-0.25, -0.2) is 12.7 Å². The third kappa shape index (κ3) is 3.71. The van der Waals surface area contributed by atoms with Crippen molar-refractivity contribution in [3.05, 3.63) is 0 Å². The molecule has 1 saturated heterocycles. The first-order valence-electron chi connectivity index (χ1n) is 5.39. The third-order valence-electron chi connectivity index (χ3n) is 2.87. The third-order valence-corrected chi connectivity index (χ3v) is 4.77. The molecule has 0 aromatic heterocycles. The zero-order chi connectivity index (χ0) is 11.3. The van der Waals surface area contributed by atoms with Crippen LogP contribution in [0.25, 0.3) is 0 Å². The van der Waals surface area contributed by atoms with Crippen LogP contribution in [-0.4, -0.2) is 58.2 Å². The van der Waals surface area contributed by atoms with E-state index in [-0.39, 0.29) is 11.8 Å². The molecular formula is C9H21N3O2S. The van der Waals surface area contributed by atoms with Crippen LogP contribution in [0.1, 0.15) is 12.8 Å². The normalized spacial score (nSPS) is 19.7. The Balaban J connectivity index is 2.53. The average molecular weight is 235 g/mol. The van der Waals surface area contributed by atoms with E-state index in [0.29, 0.717) is 6.54 Å².